The third-order valence-corrected chi connectivity index (χ3v) is 8.90. The first-order chi connectivity index (χ1) is 6.13. The number of hydrogen-bond acceptors (Lipinski definition) is 2. The summed E-state index contributed by atoms with van der Waals surface area (Å²) >= 11 is 9.28. The van der Waals surface area contributed by atoms with E-state index in [0.29, 0.717) is 0 Å². The summed E-state index contributed by atoms with van der Waals surface area (Å²) in [4.78, 5) is 0. The summed E-state index contributed by atoms with van der Waals surface area (Å²) in [5, 5.41) is 10.9. The molecule has 0 saturated carbocycles. The number of nitrogens with one attached hydrogen (secondary N) is 1. The largest absolute Gasteiger partial charge is 0.197 e. The summed E-state index contributed by atoms with van der Waals surface area (Å²) in [7, 11) is 0. The summed E-state index contributed by atoms with van der Waals surface area (Å²) in [6, 6.07) is 0. The molecule has 1 aromatic carbocycles. The van der Waals surface area contributed by atoms with Gasteiger partial charge in [0.05, 0.1) is 7.14 Å². The average Bonchev–Trinajstić information content (AvgIpc) is 2.59. The van der Waals surface area contributed by atoms with Gasteiger partial charge < -0.3 is 0 Å². The zero-order valence-corrected chi connectivity index (χ0v) is 14.5. The Morgan fingerprint density at radius 3 is 1.46 bits per heavy atom. The highest BCUT2D eigenvalue weighted by molar-refractivity contribution is 14.1. The first kappa shape index (κ1) is 11.0. The molecule has 0 unspecified atom stereocenters. The fourth-order valence-electron chi connectivity index (χ4n) is 0.938. The molecule has 7 heteroatoms. The van der Waals surface area contributed by atoms with Gasteiger partial charge in [0.2, 0.25) is 0 Å². The fourth-order valence-corrected chi connectivity index (χ4v) is 4.31. The van der Waals surface area contributed by atoms with E-state index in [9.17, 15) is 0 Å². The molecule has 0 bridgehead atoms. The number of halogens is 4. The van der Waals surface area contributed by atoms with Gasteiger partial charge in [0.25, 0.3) is 0 Å². The first-order valence-electron chi connectivity index (χ1n) is 3.15. The number of aromatic nitrogens is 3. The Balaban J connectivity index is 3.02. The van der Waals surface area contributed by atoms with Crippen LogP contribution in [0.2, 0.25) is 0 Å². The Morgan fingerprint density at radius 1 is 0.692 bits per heavy atom. The molecule has 0 radical (unpaired) electrons. The summed E-state index contributed by atoms with van der Waals surface area (Å²) in [5.41, 5.74) is 1.93. The topological polar surface area (TPSA) is 41.6 Å². The molecule has 2 aromatic rings. The van der Waals surface area contributed by atoms with Crippen LogP contribution in [0.4, 0.5) is 0 Å². The smallest absolute Gasteiger partial charge is 0.128 e. The van der Waals surface area contributed by atoms with Crippen molar-refractivity contribution in [1.29, 1.82) is 0 Å². The molecule has 0 aliphatic heterocycles. The summed E-state index contributed by atoms with van der Waals surface area (Å²) in [6.45, 7) is 0. The Labute approximate surface area is 129 Å². The van der Waals surface area contributed by atoms with Crippen LogP contribution in [0.5, 0.6) is 0 Å². The van der Waals surface area contributed by atoms with Crippen molar-refractivity contribution in [2.45, 2.75) is 0 Å². The lowest BCUT2D eigenvalue weighted by Gasteiger charge is -2.02. The van der Waals surface area contributed by atoms with Crippen molar-refractivity contribution in [2.24, 2.45) is 0 Å². The molecule has 13 heavy (non-hydrogen) atoms. The van der Waals surface area contributed by atoms with Gasteiger partial charge in [-0.2, -0.15) is 15.4 Å². The number of nitrogens with zero attached hydrogens (tertiary/aromatic N) is 2. The molecule has 0 fully saturated rings. The van der Waals surface area contributed by atoms with Crippen LogP contribution in [-0.4, -0.2) is 15.4 Å². The van der Waals surface area contributed by atoms with Crippen LogP contribution in [0.25, 0.3) is 11.0 Å². The highest BCUT2D eigenvalue weighted by Gasteiger charge is 2.15. The number of fused-ring (bicyclic) bond motifs is 1. The highest BCUT2D eigenvalue weighted by atomic mass is 127. The molecule has 0 aliphatic rings. The minimum Gasteiger partial charge on any atom is -0.197 e. The van der Waals surface area contributed by atoms with Gasteiger partial charge in [0, 0.05) is 7.14 Å². The zero-order chi connectivity index (χ0) is 9.59. The fraction of sp³-hybridized carbons (Fsp3) is 0. The van der Waals surface area contributed by atoms with Gasteiger partial charge in [0.15, 0.2) is 0 Å². The molecular weight excluding hydrogens is 622 g/mol. The van der Waals surface area contributed by atoms with E-state index in [-0.39, 0.29) is 0 Å². The van der Waals surface area contributed by atoms with E-state index >= 15 is 0 Å². The maximum atomic E-state index is 4.12. The van der Waals surface area contributed by atoms with Gasteiger partial charge in [-0.3, -0.25) is 0 Å². The van der Waals surface area contributed by atoms with Crippen LogP contribution in [0.1, 0.15) is 0 Å². The van der Waals surface area contributed by atoms with Gasteiger partial charge in [-0.1, -0.05) is 0 Å². The van der Waals surface area contributed by atoms with Crippen LogP contribution < -0.4 is 0 Å². The second-order valence-electron chi connectivity index (χ2n) is 2.28. The van der Waals surface area contributed by atoms with Crippen molar-refractivity contribution < 1.29 is 0 Å². The normalized spacial score (nSPS) is 11.1. The summed E-state index contributed by atoms with van der Waals surface area (Å²) in [6.07, 6.45) is 0. The van der Waals surface area contributed by atoms with Crippen molar-refractivity contribution in [1.82, 2.24) is 15.4 Å². The lowest BCUT2D eigenvalue weighted by molar-refractivity contribution is 0.958. The molecular formula is C6HI4N3. The monoisotopic (exact) mass is 623 g/mol. The number of benzene rings is 1. The van der Waals surface area contributed by atoms with Crippen LogP contribution in [0.15, 0.2) is 0 Å². The SMILES string of the molecule is Ic1c(I)c(I)c2n[nH]nc2c1I. The lowest BCUT2D eigenvalue weighted by Crippen LogP contribution is -1.92. The van der Waals surface area contributed by atoms with Crippen molar-refractivity contribution in [3.05, 3.63) is 14.3 Å². The van der Waals surface area contributed by atoms with Crippen LogP contribution in [0.3, 0.4) is 0 Å². The predicted octanol–water partition coefficient (Wildman–Crippen LogP) is 3.38. The standard InChI is InChI=1S/C6HI4N3/c7-1-2(8)4(10)6-5(3(1)9)11-13-12-6/h(H,11,12,13). The van der Waals surface area contributed by atoms with E-state index < -0.39 is 0 Å². The molecule has 1 aromatic heterocycles. The molecule has 1 heterocycles. The third kappa shape index (κ3) is 1.81. The minimum atomic E-state index is 0.967. The number of aromatic amines is 1. The molecule has 0 saturated heterocycles. The lowest BCUT2D eigenvalue weighted by atomic mass is 10.3. The Hall–Kier alpha value is 1.54. The van der Waals surface area contributed by atoms with Crippen LogP contribution in [0, 0.1) is 14.3 Å². The van der Waals surface area contributed by atoms with Gasteiger partial charge >= 0.3 is 0 Å². The van der Waals surface area contributed by atoms with Crippen molar-refractivity contribution in [2.75, 3.05) is 0 Å². The maximum Gasteiger partial charge on any atom is 0.128 e. The van der Waals surface area contributed by atoms with Crippen molar-refractivity contribution in [3.63, 3.8) is 0 Å². The van der Waals surface area contributed by atoms with E-state index in [1.165, 1.54) is 14.3 Å². The molecule has 0 aliphatic carbocycles. The number of hydrogen-bond donors (Lipinski definition) is 1. The predicted molar refractivity (Wildman–Crippen MR) is 84.8 cm³/mol. The summed E-state index contributed by atoms with van der Waals surface area (Å²) < 4.78 is 4.85. The van der Waals surface area contributed by atoms with Gasteiger partial charge in [-0.15, -0.1) is 0 Å². The quantitative estimate of drug-likeness (QED) is 0.278. The van der Waals surface area contributed by atoms with E-state index in [1.807, 2.05) is 0 Å². The van der Waals surface area contributed by atoms with Gasteiger partial charge in [-0.25, -0.2) is 0 Å². The zero-order valence-electron chi connectivity index (χ0n) is 5.91. The summed E-state index contributed by atoms with van der Waals surface area (Å²) in [5.74, 6) is 0. The van der Waals surface area contributed by atoms with E-state index in [1.54, 1.807) is 0 Å². The first-order valence-corrected chi connectivity index (χ1v) is 7.47. The Morgan fingerprint density at radius 2 is 1.08 bits per heavy atom. The van der Waals surface area contributed by atoms with Crippen molar-refractivity contribution >= 4 is 101 Å². The Bertz CT molecular complexity index is 436. The number of rotatable bonds is 0. The molecule has 2 rings (SSSR count). The second-order valence-corrected chi connectivity index (χ2v) is 6.59. The average molecular weight is 623 g/mol. The number of H-pyrrole nitrogens is 1. The van der Waals surface area contributed by atoms with Crippen LogP contribution >= 0.6 is 90.4 Å². The van der Waals surface area contributed by atoms with Crippen molar-refractivity contribution in [3.8, 4) is 0 Å². The highest BCUT2D eigenvalue weighted by Crippen LogP contribution is 2.32. The van der Waals surface area contributed by atoms with Gasteiger partial charge in [-0.05, 0) is 90.4 Å². The van der Waals surface area contributed by atoms with Crippen LogP contribution in [-0.2, 0) is 0 Å². The molecule has 68 valence electrons. The second kappa shape index (κ2) is 4.19. The minimum absolute atomic E-state index is 0.967. The molecule has 0 spiro atoms. The Kier molecular flexibility index (Phi) is 3.56. The molecule has 0 atom stereocenters. The van der Waals surface area contributed by atoms with E-state index in [0.717, 1.165) is 11.0 Å². The van der Waals surface area contributed by atoms with E-state index in [4.69, 9.17) is 0 Å². The molecule has 0 amide bonds. The van der Waals surface area contributed by atoms with Gasteiger partial charge in [0.1, 0.15) is 11.0 Å². The maximum absolute atomic E-state index is 4.12. The third-order valence-electron chi connectivity index (χ3n) is 1.54. The van der Waals surface area contributed by atoms with E-state index in [2.05, 4.69) is 106 Å². The molecule has 3 nitrogen and oxygen atoms in total. The molecule has 1 N–H and O–H groups in total.